The van der Waals surface area contributed by atoms with E-state index in [2.05, 4.69) is 11.7 Å². The van der Waals surface area contributed by atoms with Gasteiger partial charge in [0.2, 0.25) is 0 Å². The van der Waals surface area contributed by atoms with E-state index in [4.69, 9.17) is 14.2 Å². The summed E-state index contributed by atoms with van der Waals surface area (Å²) in [6.07, 6.45) is 0.116. The Labute approximate surface area is 136 Å². The smallest absolute Gasteiger partial charge is 0.490 e. The molecule has 0 amide bonds. The quantitative estimate of drug-likeness (QED) is 0.585. The summed E-state index contributed by atoms with van der Waals surface area (Å²) < 4.78 is 21.3. The monoisotopic (exact) mass is 318 g/mol. The zero-order chi connectivity index (χ0) is 16.8. The van der Waals surface area contributed by atoms with Gasteiger partial charge in [0.15, 0.2) is 11.5 Å². The minimum absolute atomic E-state index is 0.397. The molecular weight excluding hydrogens is 296 g/mol. The molecule has 5 nitrogen and oxygen atoms in total. The van der Waals surface area contributed by atoms with Gasteiger partial charge in [0.25, 0.3) is 0 Å². The van der Waals surface area contributed by atoms with Crippen molar-refractivity contribution in [1.29, 1.82) is 0 Å². The van der Waals surface area contributed by atoms with E-state index in [0.717, 1.165) is 22.8 Å². The largest absolute Gasteiger partial charge is 0.513 e. The fourth-order valence-electron chi connectivity index (χ4n) is 2.38. The maximum absolute atomic E-state index is 11.5. The lowest BCUT2D eigenvalue weighted by Gasteiger charge is -2.17. The van der Waals surface area contributed by atoms with Gasteiger partial charge in [0, 0.05) is 16.8 Å². The van der Waals surface area contributed by atoms with E-state index in [1.165, 1.54) is 7.11 Å². The summed E-state index contributed by atoms with van der Waals surface area (Å²) in [4.78, 5) is 11.5. The van der Waals surface area contributed by atoms with Crippen LogP contribution >= 0.6 is 0 Å². The summed E-state index contributed by atoms with van der Waals surface area (Å²) in [5.41, 5.74) is 1.14. The average molecular weight is 318 g/mol. The molecule has 0 spiro atoms. The molecule has 0 heterocycles. The summed E-state index contributed by atoms with van der Waals surface area (Å²) in [7, 11) is 1.28. The molecule has 124 valence electrons. The van der Waals surface area contributed by atoms with Gasteiger partial charge in [-0.25, -0.2) is 4.79 Å². The number of hydrogen-bond acceptors (Lipinski definition) is 5. The minimum atomic E-state index is -0.764. The molecule has 23 heavy (non-hydrogen) atoms. The predicted octanol–water partition coefficient (Wildman–Crippen LogP) is 4.34. The predicted molar refractivity (Wildman–Crippen MR) is 88.7 cm³/mol. The molecule has 0 aromatic heterocycles. The third kappa shape index (κ3) is 3.67. The van der Waals surface area contributed by atoms with Crippen LogP contribution in [0.2, 0.25) is 0 Å². The van der Waals surface area contributed by atoms with Crippen molar-refractivity contribution in [2.24, 2.45) is 0 Å². The van der Waals surface area contributed by atoms with Gasteiger partial charge in [-0.2, -0.15) is 0 Å². The summed E-state index contributed by atoms with van der Waals surface area (Å²) in [5, 5.41) is 1.63. The van der Waals surface area contributed by atoms with Crippen molar-refractivity contribution >= 4 is 16.9 Å². The Morgan fingerprint density at radius 1 is 0.957 bits per heavy atom. The van der Waals surface area contributed by atoms with Crippen molar-refractivity contribution in [3.05, 3.63) is 29.8 Å². The lowest BCUT2D eigenvalue weighted by Crippen LogP contribution is -2.08. The first-order chi connectivity index (χ1) is 11.1. The molecule has 2 aromatic carbocycles. The summed E-state index contributed by atoms with van der Waals surface area (Å²) in [6.45, 7) is 6.87. The highest BCUT2D eigenvalue weighted by atomic mass is 16.7. The zero-order valence-corrected chi connectivity index (χ0v) is 14.0. The number of carbonyl (C=O) groups is 1. The minimum Gasteiger partial charge on any atom is -0.490 e. The van der Waals surface area contributed by atoms with Crippen LogP contribution in [0.4, 0.5) is 4.79 Å². The molecule has 0 aliphatic rings. The first-order valence-corrected chi connectivity index (χ1v) is 7.75. The molecule has 0 fully saturated rings. The van der Waals surface area contributed by atoms with Gasteiger partial charge in [-0.05, 0) is 31.9 Å². The van der Waals surface area contributed by atoms with Crippen LogP contribution in [0.25, 0.3) is 10.8 Å². The highest BCUT2D eigenvalue weighted by Gasteiger charge is 2.18. The van der Waals surface area contributed by atoms with E-state index >= 15 is 0 Å². The topological polar surface area (TPSA) is 54.0 Å². The maximum Gasteiger partial charge on any atom is 0.513 e. The van der Waals surface area contributed by atoms with Crippen LogP contribution in [0.1, 0.15) is 26.3 Å². The number of rotatable bonds is 6. The molecule has 0 saturated heterocycles. The van der Waals surface area contributed by atoms with Gasteiger partial charge < -0.3 is 18.9 Å². The van der Waals surface area contributed by atoms with Gasteiger partial charge in [-0.15, -0.1) is 0 Å². The molecule has 0 radical (unpaired) electrons. The Kier molecular flexibility index (Phi) is 5.68. The fourth-order valence-corrected chi connectivity index (χ4v) is 2.38. The first-order valence-electron chi connectivity index (χ1n) is 7.75. The van der Waals surface area contributed by atoms with E-state index < -0.39 is 6.16 Å². The molecule has 0 unspecified atom stereocenters. The van der Waals surface area contributed by atoms with Crippen molar-refractivity contribution in [1.82, 2.24) is 0 Å². The Morgan fingerprint density at radius 2 is 1.70 bits per heavy atom. The molecule has 0 aliphatic heterocycles. The first kappa shape index (κ1) is 16.9. The van der Waals surface area contributed by atoms with Crippen LogP contribution in [-0.2, 0) is 11.2 Å². The molecule has 2 rings (SSSR count). The van der Waals surface area contributed by atoms with Crippen molar-refractivity contribution in [3.63, 3.8) is 0 Å². The highest BCUT2D eigenvalue weighted by molar-refractivity contribution is 5.97. The zero-order valence-electron chi connectivity index (χ0n) is 14.0. The van der Waals surface area contributed by atoms with E-state index in [1.54, 1.807) is 6.07 Å². The number of fused-ring (bicyclic) bond motifs is 1. The lowest BCUT2D eigenvalue weighted by molar-refractivity contribution is 0.122. The summed E-state index contributed by atoms with van der Waals surface area (Å²) in [6, 6.07) is 7.66. The van der Waals surface area contributed by atoms with Crippen LogP contribution in [-0.4, -0.2) is 26.5 Å². The summed E-state index contributed by atoms with van der Waals surface area (Å²) >= 11 is 0. The van der Waals surface area contributed by atoms with Gasteiger partial charge in [-0.1, -0.05) is 19.1 Å². The molecule has 0 bridgehead atoms. The van der Waals surface area contributed by atoms with Crippen LogP contribution < -0.4 is 14.2 Å². The Morgan fingerprint density at radius 3 is 2.30 bits per heavy atom. The second-order valence-corrected chi connectivity index (χ2v) is 4.86. The maximum atomic E-state index is 11.5. The second kappa shape index (κ2) is 7.72. The number of carbonyl (C=O) groups excluding carboxylic acids is 1. The number of ether oxygens (including phenoxy) is 4. The molecule has 2 aromatic rings. The number of benzene rings is 2. The second-order valence-electron chi connectivity index (χ2n) is 4.86. The number of hydrogen-bond donors (Lipinski definition) is 0. The molecule has 0 saturated carbocycles. The van der Waals surface area contributed by atoms with E-state index in [0.29, 0.717) is 30.5 Å². The Bertz CT molecular complexity index is 693. The van der Waals surface area contributed by atoms with E-state index in [1.807, 2.05) is 32.0 Å². The van der Waals surface area contributed by atoms with E-state index in [9.17, 15) is 4.79 Å². The van der Waals surface area contributed by atoms with Crippen molar-refractivity contribution in [2.75, 3.05) is 20.3 Å². The van der Waals surface area contributed by atoms with Gasteiger partial charge >= 0.3 is 6.16 Å². The van der Waals surface area contributed by atoms with Crippen LogP contribution in [0, 0.1) is 0 Å². The standard InChI is InChI=1S/C18H22O5/c1-5-12-8-9-13-14(10-12)15(23-18(19)20-4)11-16(21-6-2)17(13)22-7-3/h8-11H,5-7H2,1-4H3. The highest BCUT2D eigenvalue weighted by Crippen LogP contribution is 2.42. The fraction of sp³-hybridized carbons (Fsp3) is 0.389. The van der Waals surface area contributed by atoms with Crippen LogP contribution in [0.3, 0.4) is 0 Å². The molecule has 0 N–H and O–H groups in total. The van der Waals surface area contributed by atoms with Gasteiger partial charge in [0.05, 0.1) is 20.3 Å². The number of methoxy groups -OCH3 is 1. The average Bonchev–Trinajstić information content (AvgIpc) is 2.57. The third-order valence-electron chi connectivity index (χ3n) is 3.44. The van der Waals surface area contributed by atoms with E-state index in [-0.39, 0.29) is 0 Å². The van der Waals surface area contributed by atoms with Gasteiger partial charge in [0.1, 0.15) is 5.75 Å². The van der Waals surface area contributed by atoms with Crippen LogP contribution in [0.5, 0.6) is 17.2 Å². The Balaban J connectivity index is 2.70. The van der Waals surface area contributed by atoms with Crippen molar-refractivity contribution in [2.45, 2.75) is 27.2 Å². The van der Waals surface area contributed by atoms with Crippen LogP contribution in [0.15, 0.2) is 24.3 Å². The molecular formula is C18H22O5. The lowest BCUT2D eigenvalue weighted by atomic mass is 10.0. The Hall–Kier alpha value is -2.43. The summed E-state index contributed by atoms with van der Waals surface area (Å²) in [5.74, 6) is 1.60. The molecule has 0 aliphatic carbocycles. The third-order valence-corrected chi connectivity index (χ3v) is 3.44. The van der Waals surface area contributed by atoms with Crippen molar-refractivity contribution in [3.8, 4) is 17.2 Å². The molecule has 0 atom stereocenters. The molecule has 5 heteroatoms. The van der Waals surface area contributed by atoms with Crippen molar-refractivity contribution < 1.29 is 23.7 Å². The SMILES string of the molecule is CCOc1cc(OC(=O)OC)c2cc(CC)ccc2c1OCC. The normalized spacial score (nSPS) is 10.4. The number of aryl methyl sites for hydroxylation is 1. The van der Waals surface area contributed by atoms with Gasteiger partial charge in [-0.3, -0.25) is 0 Å².